The topological polar surface area (TPSA) is 68.0 Å². The van der Waals surface area contributed by atoms with Gasteiger partial charge in [-0.1, -0.05) is 18.7 Å². The molecule has 5 nitrogen and oxygen atoms in total. The van der Waals surface area contributed by atoms with Gasteiger partial charge < -0.3 is 5.11 Å². The van der Waals surface area contributed by atoms with E-state index in [1.165, 1.54) is 35.0 Å². The maximum Gasteiger partial charge on any atom is 0.317 e. The minimum Gasteiger partial charge on any atom is -0.480 e. The van der Waals surface area contributed by atoms with E-state index in [1.54, 1.807) is 11.3 Å². The van der Waals surface area contributed by atoms with Crippen molar-refractivity contribution in [2.75, 3.05) is 0 Å². The summed E-state index contributed by atoms with van der Waals surface area (Å²) in [6, 6.07) is 2.14. The molecule has 1 aliphatic carbocycles. The normalized spacial score (nSPS) is 16.0. The van der Waals surface area contributed by atoms with Crippen molar-refractivity contribution in [3.8, 4) is 5.00 Å². The molecule has 2 aromatic heterocycles. The van der Waals surface area contributed by atoms with E-state index in [1.807, 2.05) is 11.5 Å². The Morgan fingerprint density at radius 3 is 2.91 bits per heavy atom. The Kier molecular flexibility index (Phi) is 4.61. The standard InChI is InChI=1S/C14H16BrN3O2S2/c1-3-9(12(19)20)21-14-17-16-13(15)18(14)10-6-7(2)11(22-10)8-4-5-8/h6,8-9H,3-5H2,1-2H3,(H,19,20). The maximum absolute atomic E-state index is 11.3. The summed E-state index contributed by atoms with van der Waals surface area (Å²) < 4.78 is 2.51. The van der Waals surface area contributed by atoms with Crippen LogP contribution in [0.2, 0.25) is 0 Å². The predicted molar refractivity (Wildman–Crippen MR) is 91.2 cm³/mol. The predicted octanol–water partition coefficient (Wildman–Crippen LogP) is 4.23. The first-order chi connectivity index (χ1) is 10.5. The van der Waals surface area contributed by atoms with Crippen LogP contribution in [0.5, 0.6) is 0 Å². The Bertz CT molecular complexity index is 709. The molecular formula is C14H16BrN3O2S2. The van der Waals surface area contributed by atoms with Gasteiger partial charge in [0.25, 0.3) is 0 Å². The third-order valence-corrected chi connectivity index (χ3v) is 6.79. The van der Waals surface area contributed by atoms with Crippen molar-refractivity contribution in [2.24, 2.45) is 0 Å². The summed E-state index contributed by atoms with van der Waals surface area (Å²) in [5.74, 6) is -0.119. The van der Waals surface area contributed by atoms with E-state index in [0.717, 1.165) is 5.00 Å². The van der Waals surface area contributed by atoms with Crippen LogP contribution in [-0.4, -0.2) is 31.1 Å². The monoisotopic (exact) mass is 401 g/mol. The molecule has 8 heteroatoms. The van der Waals surface area contributed by atoms with Gasteiger partial charge in [-0.2, -0.15) is 0 Å². The number of carboxylic acid groups (broad SMARTS) is 1. The van der Waals surface area contributed by atoms with Crippen LogP contribution in [0.3, 0.4) is 0 Å². The number of thiophene rings is 1. The van der Waals surface area contributed by atoms with Crippen molar-refractivity contribution in [1.29, 1.82) is 0 Å². The van der Waals surface area contributed by atoms with Crippen LogP contribution in [0.25, 0.3) is 5.00 Å². The van der Waals surface area contributed by atoms with Gasteiger partial charge in [-0.25, -0.2) is 0 Å². The van der Waals surface area contributed by atoms with Gasteiger partial charge in [-0.3, -0.25) is 9.36 Å². The van der Waals surface area contributed by atoms with Crippen molar-refractivity contribution in [3.63, 3.8) is 0 Å². The van der Waals surface area contributed by atoms with Crippen LogP contribution in [0.15, 0.2) is 16.0 Å². The minimum atomic E-state index is -0.820. The number of aliphatic carboxylic acids is 1. The second kappa shape index (κ2) is 6.33. The highest BCUT2D eigenvalue weighted by Crippen LogP contribution is 2.46. The largest absolute Gasteiger partial charge is 0.480 e. The number of thioether (sulfide) groups is 1. The fourth-order valence-electron chi connectivity index (χ4n) is 2.29. The molecule has 0 spiro atoms. The first-order valence-electron chi connectivity index (χ1n) is 7.12. The lowest BCUT2D eigenvalue weighted by atomic mass is 10.2. The second-order valence-corrected chi connectivity index (χ2v) is 8.29. The molecule has 1 fully saturated rings. The zero-order chi connectivity index (χ0) is 15.9. The molecule has 2 heterocycles. The quantitative estimate of drug-likeness (QED) is 0.733. The van der Waals surface area contributed by atoms with Gasteiger partial charge in [-0.05, 0) is 59.7 Å². The van der Waals surface area contributed by atoms with Crippen molar-refractivity contribution in [3.05, 3.63) is 21.2 Å². The third kappa shape index (κ3) is 3.09. The van der Waals surface area contributed by atoms with Crippen LogP contribution in [0.4, 0.5) is 0 Å². The zero-order valence-electron chi connectivity index (χ0n) is 12.2. The van der Waals surface area contributed by atoms with Gasteiger partial charge in [-0.15, -0.1) is 21.5 Å². The molecule has 1 unspecified atom stereocenters. The molecular weight excluding hydrogens is 386 g/mol. The molecule has 2 aromatic rings. The number of nitrogens with zero attached hydrogens (tertiary/aromatic N) is 3. The van der Waals surface area contributed by atoms with E-state index in [9.17, 15) is 9.90 Å². The van der Waals surface area contributed by atoms with E-state index in [2.05, 4.69) is 39.1 Å². The lowest BCUT2D eigenvalue weighted by Crippen LogP contribution is -2.15. The number of rotatable bonds is 6. The summed E-state index contributed by atoms with van der Waals surface area (Å²) in [6.07, 6.45) is 3.08. The molecule has 0 radical (unpaired) electrons. The summed E-state index contributed by atoms with van der Waals surface area (Å²) in [7, 11) is 0. The highest BCUT2D eigenvalue weighted by atomic mass is 79.9. The molecule has 1 saturated carbocycles. The molecule has 1 atom stereocenters. The fraction of sp³-hybridized carbons (Fsp3) is 0.500. The van der Waals surface area contributed by atoms with Gasteiger partial charge in [0, 0.05) is 4.88 Å². The van der Waals surface area contributed by atoms with Gasteiger partial charge in [0.05, 0.1) is 0 Å². The summed E-state index contributed by atoms with van der Waals surface area (Å²) in [6.45, 7) is 3.99. The molecule has 118 valence electrons. The van der Waals surface area contributed by atoms with Crippen molar-refractivity contribution in [1.82, 2.24) is 14.8 Å². The van der Waals surface area contributed by atoms with Crippen LogP contribution in [0.1, 0.15) is 42.5 Å². The van der Waals surface area contributed by atoms with E-state index < -0.39 is 11.2 Å². The van der Waals surface area contributed by atoms with Gasteiger partial charge in [0.1, 0.15) is 10.3 Å². The molecule has 0 aliphatic heterocycles. The number of carbonyl (C=O) groups is 1. The first-order valence-corrected chi connectivity index (χ1v) is 9.61. The zero-order valence-corrected chi connectivity index (χ0v) is 15.5. The Hall–Kier alpha value is -0.860. The summed E-state index contributed by atoms with van der Waals surface area (Å²) in [5, 5.41) is 18.6. The Labute approximate surface area is 145 Å². The number of halogens is 1. The van der Waals surface area contributed by atoms with Crippen molar-refractivity contribution < 1.29 is 9.90 Å². The fourth-order valence-corrected chi connectivity index (χ4v) is 5.27. The average Bonchev–Trinajstić information content (AvgIpc) is 3.15. The lowest BCUT2D eigenvalue weighted by molar-refractivity contribution is -0.136. The molecule has 3 rings (SSSR count). The number of aryl methyl sites for hydroxylation is 1. The Morgan fingerprint density at radius 2 is 2.32 bits per heavy atom. The number of aromatic nitrogens is 3. The van der Waals surface area contributed by atoms with Crippen LogP contribution in [0, 0.1) is 6.92 Å². The smallest absolute Gasteiger partial charge is 0.317 e. The van der Waals surface area contributed by atoms with Crippen LogP contribution >= 0.6 is 39.0 Å². The van der Waals surface area contributed by atoms with Crippen LogP contribution in [-0.2, 0) is 4.79 Å². The lowest BCUT2D eigenvalue weighted by Gasteiger charge is -2.09. The average molecular weight is 402 g/mol. The van der Waals surface area contributed by atoms with Gasteiger partial charge >= 0.3 is 5.97 Å². The summed E-state index contributed by atoms with van der Waals surface area (Å²) in [4.78, 5) is 12.7. The number of hydrogen-bond acceptors (Lipinski definition) is 5. The number of hydrogen-bond donors (Lipinski definition) is 1. The highest BCUT2D eigenvalue weighted by molar-refractivity contribution is 9.10. The van der Waals surface area contributed by atoms with Gasteiger partial charge in [0.2, 0.25) is 4.73 Å². The van der Waals surface area contributed by atoms with Crippen molar-refractivity contribution >= 4 is 45.0 Å². The molecule has 1 aliphatic rings. The van der Waals surface area contributed by atoms with Gasteiger partial charge in [0.15, 0.2) is 5.16 Å². The molecule has 22 heavy (non-hydrogen) atoms. The van der Waals surface area contributed by atoms with Crippen LogP contribution < -0.4 is 0 Å². The van der Waals surface area contributed by atoms with E-state index in [0.29, 0.717) is 22.2 Å². The Morgan fingerprint density at radius 1 is 1.59 bits per heavy atom. The molecule has 0 amide bonds. The highest BCUT2D eigenvalue weighted by Gasteiger charge is 2.29. The molecule has 0 saturated heterocycles. The van der Waals surface area contributed by atoms with Crippen molar-refractivity contribution in [2.45, 2.75) is 49.4 Å². The van der Waals surface area contributed by atoms with E-state index >= 15 is 0 Å². The molecule has 0 bridgehead atoms. The summed E-state index contributed by atoms with van der Waals surface area (Å²) >= 11 is 6.42. The SMILES string of the molecule is CCC(Sc1nnc(Br)n1-c1cc(C)c(C2CC2)s1)C(=O)O. The van der Waals surface area contributed by atoms with E-state index in [-0.39, 0.29) is 0 Å². The maximum atomic E-state index is 11.3. The first kappa shape index (κ1) is 16.0. The van der Waals surface area contributed by atoms with E-state index in [4.69, 9.17) is 0 Å². The number of carboxylic acids is 1. The second-order valence-electron chi connectivity index (χ2n) is 5.35. The minimum absolute atomic E-state index is 0.515. The Balaban J connectivity index is 1.95. The summed E-state index contributed by atoms with van der Waals surface area (Å²) in [5.41, 5.74) is 1.30. The third-order valence-electron chi connectivity index (χ3n) is 3.60. The molecule has 0 aromatic carbocycles. The molecule has 1 N–H and O–H groups in total.